The molecule has 168 valence electrons. The number of carbonyl (C=O) groups excluding carboxylic acids is 1. The molecule has 31 heavy (non-hydrogen) atoms. The number of benzene rings is 2. The average Bonchev–Trinajstić information content (AvgIpc) is 3.38. The number of hydrogen-bond acceptors (Lipinski definition) is 3. The maximum absolute atomic E-state index is 14.0. The number of amides is 1. The van der Waals surface area contributed by atoms with Crippen molar-refractivity contribution in [1.82, 2.24) is 5.32 Å². The topological polar surface area (TPSA) is 58.6 Å². The van der Waals surface area contributed by atoms with Gasteiger partial charge in [0.1, 0.15) is 23.0 Å². The summed E-state index contributed by atoms with van der Waals surface area (Å²) in [6.07, 6.45) is -4.23. The van der Waals surface area contributed by atoms with Crippen LogP contribution in [-0.4, -0.2) is 23.8 Å². The van der Waals surface area contributed by atoms with E-state index in [2.05, 4.69) is 5.32 Å². The fourth-order valence-electron chi connectivity index (χ4n) is 3.42. The maximum Gasteiger partial charge on any atom is 0.422 e. The lowest BCUT2D eigenvalue weighted by molar-refractivity contribution is -0.153. The fraction of sp³-hybridized carbons (Fsp3) is 0.381. The largest absolute Gasteiger partial charge is 0.484 e. The van der Waals surface area contributed by atoms with Crippen molar-refractivity contribution in [3.05, 3.63) is 64.2 Å². The maximum atomic E-state index is 14.0. The Kier molecular flexibility index (Phi) is 6.21. The molecule has 1 aliphatic carbocycles. The number of hydrogen-bond donors (Lipinski definition) is 2. The zero-order valence-corrected chi connectivity index (χ0v) is 17.1. The molecule has 0 radical (unpaired) electrons. The monoisotopic (exact) mass is 463 g/mol. The van der Waals surface area contributed by atoms with Gasteiger partial charge in [0.15, 0.2) is 6.61 Å². The molecule has 2 aromatic carbocycles. The van der Waals surface area contributed by atoms with Gasteiger partial charge in [0.2, 0.25) is 5.91 Å². The van der Waals surface area contributed by atoms with Crippen molar-refractivity contribution in [2.75, 3.05) is 6.61 Å². The molecule has 4 nitrogen and oxygen atoms in total. The first kappa shape index (κ1) is 23.3. The summed E-state index contributed by atoms with van der Waals surface area (Å²) in [5, 5.41) is 13.4. The highest BCUT2D eigenvalue weighted by molar-refractivity contribution is 6.30. The molecule has 1 atom stereocenters. The number of rotatable bonds is 7. The van der Waals surface area contributed by atoms with Gasteiger partial charge in [-0.2, -0.15) is 13.2 Å². The highest BCUT2D eigenvalue weighted by Gasteiger charge is 2.47. The highest BCUT2D eigenvalue weighted by Crippen LogP contribution is 2.47. The zero-order valence-electron chi connectivity index (χ0n) is 16.3. The molecule has 0 aliphatic heterocycles. The number of ether oxygens (including phenoxy) is 1. The predicted molar refractivity (Wildman–Crippen MR) is 103 cm³/mol. The van der Waals surface area contributed by atoms with Gasteiger partial charge in [-0.25, -0.2) is 8.78 Å². The first-order valence-corrected chi connectivity index (χ1v) is 9.68. The summed E-state index contributed by atoms with van der Waals surface area (Å²) < 4.78 is 70.0. The van der Waals surface area contributed by atoms with E-state index in [0.29, 0.717) is 18.4 Å². The van der Waals surface area contributed by atoms with Crippen molar-refractivity contribution in [2.45, 2.75) is 43.5 Å². The smallest absolute Gasteiger partial charge is 0.422 e. The Morgan fingerprint density at radius 2 is 1.81 bits per heavy atom. The van der Waals surface area contributed by atoms with E-state index < -0.39 is 53.4 Å². The summed E-state index contributed by atoms with van der Waals surface area (Å²) >= 11 is 5.99. The Morgan fingerprint density at radius 3 is 2.35 bits per heavy atom. The summed E-state index contributed by atoms with van der Waals surface area (Å²) in [5.41, 5.74) is -3.23. The van der Waals surface area contributed by atoms with E-state index in [1.54, 1.807) is 0 Å². The molecule has 1 amide bonds. The van der Waals surface area contributed by atoms with Crippen LogP contribution in [0.3, 0.4) is 0 Å². The minimum absolute atomic E-state index is 0.110. The third-order valence-electron chi connectivity index (χ3n) is 4.96. The average molecular weight is 464 g/mol. The van der Waals surface area contributed by atoms with Gasteiger partial charge in [-0.1, -0.05) is 17.7 Å². The third kappa shape index (κ3) is 5.65. The fourth-order valence-corrected chi connectivity index (χ4v) is 3.65. The van der Waals surface area contributed by atoms with E-state index in [-0.39, 0.29) is 10.8 Å². The lowest BCUT2D eigenvalue weighted by atomic mass is 9.90. The summed E-state index contributed by atoms with van der Waals surface area (Å²) in [5.74, 6) is -2.77. The summed E-state index contributed by atoms with van der Waals surface area (Å²) in [7, 11) is 0. The SMILES string of the molecule is C[C@@](O)(CC(=O)NC1(c2cc(Cl)cc(OCC(F)(F)F)c2)CC1)c1c(F)cccc1F. The van der Waals surface area contributed by atoms with Crippen LogP contribution in [0.25, 0.3) is 0 Å². The van der Waals surface area contributed by atoms with Crippen molar-refractivity contribution in [3.8, 4) is 5.75 Å². The van der Waals surface area contributed by atoms with Crippen LogP contribution in [0.2, 0.25) is 5.02 Å². The van der Waals surface area contributed by atoms with Gasteiger partial charge < -0.3 is 15.2 Å². The van der Waals surface area contributed by atoms with Crippen LogP contribution in [0, 0.1) is 11.6 Å². The predicted octanol–water partition coefficient (Wildman–Crippen LogP) is 4.96. The second kappa shape index (κ2) is 8.27. The van der Waals surface area contributed by atoms with Crippen molar-refractivity contribution < 1.29 is 36.6 Å². The van der Waals surface area contributed by atoms with Gasteiger partial charge in [-0.3, -0.25) is 4.79 Å². The van der Waals surface area contributed by atoms with Crippen LogP contribution in [-0.2, 0) is 15.9 Å². The molecule has 0 bridgehead atoms. The van der Waals surface area contributed by atoms with Crippen LogP contribution in [0.1, 0.15) is 37.3 Å². The van der Waals surface area contributed by atoms with Gasteiger partial charge >= 0.3 is 6.18 Å². The van der Waals surface area contributed by atoms with Gasteiger partial charge in [-0.05, 0) is 55.7 Å². The molecular formula is C21H19ClF5NO3. The van der Waals surface area contributed by atoms with Crippen LogP contribution in [0.5, 0.6) is 5.75 Å². The van der Waals surface area contributed by atoms with Crippen molar-refractivity contribution >= 4 is 17.5 Å². The van der Waals surface area contributed by atoms with Crippen molar-refractivity contribution in [2.24, 2.45) is 0 Å². The minimum Gasteiger partial charge on any atom is -0.484 e. The summed E-state index contributed by atoms with van der Waals surface area (Å²) in [6.45, 7) is -0.376. The van der Waals surface area contributed by atoms with E-state index >= 15 is 0 Å². The number of halogens is 6. The molecule has 0 unspecified atom stereocenters. The minimum atomic E-state index is -4.53. The van der Waals surface area contributed by atoms with E-state index in [9.17, 15) is 31.9 Å². The van der Waals surface area contributed by atoms with Gasteiger partial charge in [-0.15, -0.1) is 0 Å². The van der Waals surface area contributed by atoms with Crippen LogP contribution >= 0.6 is 11.6 Å². The van der Waals surface area contributed by atoms with Crippen molar-refractivity contribution in [1.29, 1.82) is 0 Å². The zero-order chi connectivity index (χ0) is 23.0. The molecule has 10 heteroatoms. The molecule has 2 aromatic rings. The van der Waals surface area contributed by atoms with Crippen molar-refractivity contribution in [3.63, 3.8) is 0 Å². The Hall–Kier alpha value is -2.39. The quantitative estimate of drug-likeness (QED) is 0.570. The second-order valence-corrected chi connectivity index (χ2v) is 8.19. The molecule has 1 aliphatic rings. The molecule has 0 heterocycles. The Labute approximate surface area is 180 Å². The first-order chi connectivity index (χ1) is 14.3. The number of nitrogens with one attached hydrogen (secondary N) is 1. The molecule has 2 N–H and O–H groups in total. The highest BCUT2D eigenvalue weighted by atomic mass is 35.5. The van der Waals surface area contributed by atoms with Crippen LogP contribution in [0.15, 0.2) is 36.4 Å². The van der Waals surface area contributed by atoms with Crippen LogP contribution in [0.4, 0.5) is 22.0 Å². The first-order valence-electron chi connectivity index (χ1n) is 9.30. The van der Waals surface area contributed by atoms with E-state index in [4.69, 9.17) is 16.3 Å². The number of alkyl halides is 3. The van der Waals surface area contributed by atoms with Gasteiger partial charge in [0, 0.05) is 5.02 Å². The normalized spacial score (nSPS) is 17.0. The number of aliphatic hydroxyl groups is 1. The molecule has 1 saturated carbocycles. The van der Waals surface area contributed by atoms with Crippen LogP contribution < -0.4 is 10.1 Å². The van der Waals surface area contributed by atoms with E-state index in [0.717, 1.165) is 25.1 Å². The molecule has 0 saturated heterocycles. The standard InChI is InChI=1S/C21H19ClF5NO3/c1-19(30,18-15(23)3-2-4-16(18)24)10-17(29)28-20(5-6-20)12-7-13(22)9-14(8-12)31-11-21(25,26)27/h2-4,7-9,30H,5-6,10-11H2,1H3,(H,28,29)/t19-/m1/s1. The Bertz CT molecular complexity index is 969. The summed E-state index contributed by atoms with van der Waals surface area (Å²) in [4.78, 5) is 12.6. The Morgan fingerprint density at radius 1 is 1.19 bits per heavy atom. The molecule has 3 rings (SSSR count). The molecule has 0 aromatic heterocycles. The lowest BCUT2D eigenvalue weighted by Crippen LogP contribution is -2.39. The summed E-state index contributed by atoms with van der Waals surface area (Å²) in [6, 6.07) is 7.15. The van der Waals surface area contributed by atoms with E-state index in [1.165, 1.54) is 18.2 Å². The van der Waals surface area contributed by atoms with Gasteiger partial charge in [0.25, 0.3) is 0 Å². The number of carbonyl (C=O) groups is 1. The van der Waals surface area contributed by atoms with E-state index in [1.807, 2.05) is 0 Å². The third-order valence-corrected chi connectivity index (χ3v) is 5.18. The molecule has 0 spiro atoms. The Balaban J connectivity index is 1.75. The van der Waals surface area contributed by atoms with Gasteiger partial charge in [0.05, 0.1) is 17.5 Å². The molecular weight excluding hydrogens is 445 g/mol. The lowest BCUT2D eigenvalue weighted by Gasteiger charge is -2.26. The second-order valence-electron chi connectivity index (χ2n) is 7.76. The molecule has 1 fully saturated rings.